The highest BCUT2D eigenvalue weighted by Crippen LogP contribution is 2.24. The number of sulfonamides is 1. The first-order chi connectivity index (χ1) is 14.8. The van der Waals surface area contributed by atoms with Gasteiger partial charge in [0, 0.05) is 11.3 Å². The Labute approximate surface area is 180 Å². The van der Waals surface area contributed by atoms with Crippen LogP contribution in [0.25, 0.3) is 0 Å². The van der Waals surface area contributed by atoms with Gasteiger partial charge in [0.15, 0.2) is 0 Å². The average molecular weight is 437 g/mol. The summed E-state index contributed by atoms with van der Waals surface area (Å²) >= 11 is 0. The second-order valence-corrected chi connectivity index (χ2v) is 8.81. The van der Waals surface area contributed by atoms with Crippen molar-refractivity contribution >= 4 is 27.3 Å². The number of amides is 1. The number of carbonyl (C=O) groups excluding carboxylic acids is 1. The van der Waals surface area contributed by atoms with Crippen LogP contribution in [0, 0.1) is 17.1 Å². The predicted octanol–water partition coefficient (Wildman–Crippen LogP) is 4.11. The summed E-state index contributed by atoms with van der Waals surface area (Å²) < 4.78 is 39.5. The summed E-state index contributed by atoms with van der Waals surface area (Å²) in [6.07, 6.45) is 1.32. The second kappa shape index (κ2) is 9.41. The van der Waals surface area contributed by atoms with E-state index in [1.54, 1.807) is 54.6 Å². The number of rotatable bonds is 7. The predicted molar refractivity (Wildman–Crippen MR) is 118 cm³/mol. The van der Waals surface area contributed by atoms with Crippen LogP contribution in [0.3, 0.4) is 0 Å². The lowest BCUT2D eigenvalue weighted by atomic mass is 10.1. The number of nitrogens with one attached hydrogen (secondary N) is 1. The highest BCUT2D eigenvalue weighted by molar-refractivity contribution is 7.92. The second-order valence-electron chi connectivity index (χ2n) is 6.90. The van der Waals surface area contributed by atoms with Crippen molar-refractivity contribution in [1.29, 1.82) is 5.26 Å². The third kappa shape index (κ3) is 5.68. The van der Waals surface area contributed by atoms with Crippen LogP contribution in [-0.4, -0.2) is 20.6 Å². The van der Waals surface area contributed by atoms with E-state index in [9.17, 15) is 17.6 Å². The fourth-order valence-corrected chi connectivity index (χ4v) is 3.85. The molecule has 31 heavy (non-hydrogen) atoms. The number of benzene rings is 3. The van der Waals surface area contributed by atoms with Crippen LogP contribution in [0.4, 0.5) is 15.8 Å². The minimum Gasteiger partial charge on any atom is -0.322 e. The van der Waals surface area contributed by atoms with Crippen molar-refractivity contribution in [2.75, 3.05) is 15.9 Å². The molecule has 0 aliphatic heterocycles. The van der Waals surface area contributed by atoms with Gasteiger partial charge in [-0.3, -0.25) is 9.10 Å². The van der Waals surface area contributed by atoms with Gasteiger partial charge in [0.1, 0.15) is 5.82 Å². The molecule has 0 fully saturated rings. The van der Waals surface area contributed by atoms with Gasteiger partial charge in [-0.2, -0.15) is 5.26 Å². The Morgan fingerprint density at radius 3 is 2.19 bits per heavy atom. The molecule has 0 unspecified atom stereocenters. The minimum absolute atomic E-state index is 0.0355. The molecule has 0 aliphatic rings. The average Bonchev–Trinajstić information content (AvgIpc) is 2.74. The number of anilines is 2. The normalized spacial score (nSPS) is 10.9. The van der Waals surface area contributed by atoms with Crippen LogP contribution in [0.15, 0.2) is 72.8 Å². The Bertz CT molecular complexity index is 1220. The zero-order valence-corrected chi connectivity index (χ0v) is 17.6. The lowest BCUT2D eigenvalue weighted by molar-refractivity contribution is 0.102. The van der Waals surface area contributed by atoms with Gasteiger partial charge in [-0.25, -0.2) is 12.8 Å². The molecule has 0 saturated heterocycles. The molecule has 158 valence electrons. The molecule has 3 rings (SSSR count). The van der Waals surface area contributed by atoms with Gasteiger partial charge in [0.25, 0.3) is 5.91 Å². The zero-order chi connectivity index (χ0) is 22.4. The van der Waals surface area contributed by atoms with Gasteiger partial charge in [0.05, 0.1) is 31.0 Å². The first-order valence-electron chi connectivity index (χ1n) is 9.36. The smallest absolute Gasteiger partial charge is 0.255 e. The van der Waals surface area contributed by atoms with Gasteiger partial charge in [0.2, 0.25) is 10.0 Å². The molecule has 0 heterocycles. The molecule has 8 heteroatoms. The van der Waals surface area contributed by atoms with Crippen LogP contribution in [0.1, 0.15) is 21.5 Å². The Morgan fingerprint density at radius 2 is 1.61 bits per heavy atom. The van der Waals surface area contributed by atoms with Crippen molar-refractivity contribution in [3.8, 4) is 6.07 Å². The minimum atomic E-state index is -3.72. The molecule has 0 spiro atoms. The molecule has 0 bridgehead atoms. The quantitative estimate of drug-likeness (QED) is 0.602. The van der Waals surface area contributed by atoms with Crippen molar-refractivity contribution in [3.63, 3.8) is 0 Å². The summed E-state index contributed by atoms with van der Waals surface area (Å²) in [5.74, 6) is -0.960. The van der Waals surface area contributed by atoms with Crippen LogP contribution in [-0.2, 0) is 23.0 Å². The van der Waals surface area contributed by atoms with Crippen molar-refractivity contribution in [2.24, 2.45) is 0 Å². The maximum absolute atomic E-state index is 14.1. The maximum atomic E-state index is 14.1. The van der Waals surface area contributed by atoms with E-state index in [1.807, 2.05) is 0 Å². The summed E-state index contributed by atoms with van der Waals surface area (Å²) in [7, 11) is -3.72. The van der Waals surface area contributed by atoms with E-state index in [0.717, 1.165) is 16.1 Å². The van der Waals surface area contributed by atoms with E-state index in [1.165, 1.54) is 18.2 Å². The topological polar surface area (TPSA) is 90.3 Å². The maximum Gasteiger partial charge on any atom is 0.255 e. The Kier molecular flexibility index (Phi) is 6.68. The van der Waals surface area contributed by atoms with Crippen molar-refractivity contribution in [1.82, 2.24) is 0 Å². The number of nitrogens with zero attached hydrogens (tertiary/aromatic N) is 2. The van der Waals surface area contributed by atoms with Crippen LogP contribution in [0.2, 0.25) is 0 Å². The first-order valence-corrected chi connectivity index (χ1v) is 11.2. The van der Waals surface area contributed by atoms with Crippen LogP contribution >= 0.6 is 0 Å². The van der Waals surface area contributed by atoms with Gasteiger partial charge < -0.3 is 5.32 Å². The van der Waals surface area contributed by atoms with E-state index >= 15 is 0 Å². The lowest BCUT2D eigenvalue weighted by Crippen LogP contribution is -2.30. The van der Waals surface area contributed by atoms with Gasteiger partial charge in [-0.15, -0.1) is 0 Å². The molecule has 1 amide bonds. The summed E-state index contributed by atoms with van der Waals surface area (Å²) in [4.78, 5) is 12.5. The van der Waals surface area contributed by atoms with Crippen molar-refractivity contribution in [2.45, 2.75) is 13.0 Å². The molecule has 0 radical (unpaired) electrons. The van der Waals surface area contributed by atoms with Gasteiger partial charge in [-0.05, 0) is 47.5 Å². The molecule has 0 aliphatic carbocycles. The van der Waals surface area contributed by atoms with Crippen molar-refractivity contribution in [3.05, 3.63) is 95.3 Å². The molecule has 0 aromatic heterocycles. The molecule has 0 saturated carbocycles. The SMILES string of the molecule is CS(=O)(=O)N(Cc1ccc(C(=O)Nc2ccc(CC#N)cc2)cc1)c1ccccc1F. The van der Waals surface area contributed by atoms with E-state index in [2.05, 4.69) is 11.4 Å². The third-order valence-electron chi connectivity index (χ3n) is 4.56. The summed E-state index contributed by atoms with van der Waals surface area (Å²) in [5, 5.41) is 11.5. The molecule has 3 aromatic carbocycles. The molecular formula is C23H20FN3O3S. The van der Waals surface area contributed by atoms with Gasteiger partial charge >= 0.3 is 0 Å². The number of halogens is 1. The Morgan fingerprint density at radius 1 is 1.00 bits per heavy atom. The number of nitriles is 1. The largest absolute Gasteiger partial charge is 0.322 e. The highest BCUT2D eigenvalue weighted by Gasteiger charge is 2.21. The molecular weight excluding hydrogens is 417 g/mol. The fraction of sp³-hybridized carbons (Fsp3) is 0.130. The van der Waals surface area contributed by atoms with Crippen LogP contribution in [0.5, 0.6) is 0 Å². The van der Waals surface area contributed by atoms with E-state index in [0.29, 0.717) is 23.2 Å². The molecule has 3 aromatic rings. The van der Waals surface area contributed by atoms with E-state index in [-0.39, 0.29) is 18.1 Å². The molecule has 0 atom stereocenters. The third-order valence-corrected chi connectivity index (χ3v) is 5.69. The Hall–Kier alpha value is -3.70. The zero-order valence-electron chi connectivity index (χ0n) is 16.7. The van der Waals surface area contributed by atoms with Crippen LogP contribution < -0.4 is 9.62 Å². The Balaban J connectivity index is 1.73. The summed E-state index contributed by atoms with van der Waals surface area (Å²) in [6.45, 7) is -0.0674. The number of hydrogen-bond acceptors (Lipinski definition) is 4. The van der Waals surface area contributed by atoms with E-state index < -0.39 is 15.8 Å². The standard InChI is InChI=1S/C23H20FN3O3S/c1-31(29,30)27(22-5-3-2-4-21(22)24)16-18-6-10-19(11-7-18)23(28)26-20-12-8-17(9-13-20)14-15-25/h2-13H,14,16H2,1H3,(H,26,28). The summed E-state index contributed by atoms with van der Waals surface area (Å²) in [6, 6.07) is 21.1. The fourth-order valence-electron chi connectivity index (χ4n) is 2.96. The highest BCUT2D eigenvalue weighted by atomic mass is 32.2. The van der Waals surface area contributed by atoms with Gasteiger partial charge in [-0.1, -0.05) is 36.4 Å². The number of para-hydroxylation sites is 1. The molecule has 1 N–H and O–H groups in total. The lowest BCUT2D eigenvalue weighted by Gasteiger charge is -2.23. The van der Waals surface area contributed by atoms with E-state index in [4.69, 9.17) is 5.26 Å². The number of carbonyl (C=O) groups is 1. The first kappa shape index (κ1) is 22.0. The molecule has 6 nitrogen and oxygen atoms in total. The number of hydrogen-bond donors (Lipinski definition) is 1. The van der Waals surface area contributed by atoms with Crippen molar-refractivity contribution < 1.29 is 17.6 Å². The monoisotopic (exact) mass is 437 g/mol. The summed E-state index contributed by atoms with van der Waals surface area (Å²) in [5.41, 5.74) is 2.41.